The van der Waals surface area contributed by atoms with Crippen LogP contribution in [-0.4, -0.2) is 10.9 Å². The lowest BCUT2D eigenvalue weighted by molar-refractivity contribution is 0.0971. The monoisotopic (exact) mass is 480 g/mol. The van der Waals surface area contributed by atoms with Gasteiger partial charge in [-0.15, -0.1) is 11.3 Å². The molecular weight excluding hydrogens is 464 g/mol. The number of hydrogen-bond donors (Lipinski definition) is 0. The van der Waals surface area contributed by atoms with E-state index in [4.69, 9.17) is 4.42 Å². The van der Waals surface area contributed by atoms with Crippen LogP contribution in [0.2, 0.25) is 0 Å². The number of fused-ring (bicyclic) bond motifs is 2. The predicted molar refractivity (Wildman–Crippen MR) is 122 cm³/mol. The van der Waals surface area contributed by atoms with Gasteiger partial charge in [-0.05, 0) is 50.6 Å². The fourth-order valence-electron chi connectivity index (χ4n) is 3.83. The topological polar surface area (TPSA) is 63.4 Å². The number of thiazole rings is 1. The normalized spacial score (nSPS) is 15.8. The van der Waals surface area contributed by atoms with Crippen LogP contribution in [0.15, 0.2) is 56.1 Å². The van der Waals surface area contributed by atoms with E-state index in [1.165, 1.54) is 11.3 Å². The van der Waals surface area contributed by atoms with Gasteiger partial charge in [-0.25, -0.2) is 4.98 Å². The minimum atomic E-state index is -0.601. The molecule has 0 radical (unpaired) electrons. The van der Waals surface area contributed by atoms with Crippen molar-refractivity contribution in [2.45, 2.75) is 26.8 Å². The van der Waals surface area contributed by atoms with Gasteiger partial charge in [-0.1, -0.05) is 39.7 Å². The molecule has 5 rings (SSSR count). The van der Waals surface area contributed by atoms with Crippen LogP contribution < -0.4 is 10.3 Å². The number of anilines is 1. The minimum Gasteiger partial charge on any atom is -0.450 e. The molecule has 0 bridgehead atoms. The highest BCUT2D eigenvalue weighted by Gasteiger charge is 2.45. The maximum Gasteiger partial charge on any atom is 0.297 e. The Morgan fingerprint density at radius 3 is 2.60 bits per heavy atom. The molecule has 2 aromatic carbocycles. The van der Waals surface area contributed by atoms with Crippen LogP contribution in [0, 0.1) is 20.8 Å². The smallest absolute Gasteiger partial charge is 0.297 e. The van der Waals surface area contributed by atoms with Gasteiger partial charge in [0, 0.05) is 9.35 Å². The van der Waals surface area contributed by atoms with Crippen molar-refractivity contribution in [2.75, 3.05) is 4.90 Å². The summed E-state index contributed by atoms with van der Waals surface area (Å²) in [5.41, 5.74) is 3.25. The van der Waals surface area contributed by atoms with Gasteiger partial charge in [0.05, 0.1) is 22.7 Å². The fraction of sp³-hybridized carbons (Fsp3) is 0.174. The van der Waals surface area contributed by atoms with Gasteiger partial charge in [0.2, 0.25) is 5.76 Å². The quantitative estimate of drug-likeness (QED) is 0.369. The number of aryl methyl sites for hydroxylation is 3. The Morgan fingerprint density at radius 2 is 1.90 bits per heavy atom. The number of carbonyl (C=O) groups excluding carboxylic acids is 1. The van der Waals surface area contributed by atoms with Crippen molar-refractivity contribution in [1.82, 2.24) is 4.98 Å². The average Bonchev–Trinajstić information content (AvgIpc) is 3.19. The van der Waals surface area contributed by atoms with Crippen LogP contribution in [0.3, 0.4) is 0 Å². The van der Waals surface area contributed by atoms with Crippen molar-refractivity contribution in [1.29, 1.82) is 0 Å². The van der Waals surface area contributed by atoms with E-state index in [0.29, 0.717) is 21.7 Å². The molecule has 1 amide bonds. The van der Waals surface area contributed by atoms with Gasteiger partial charge >= 0.3 is 0 Å². The zero-order valence-electron chi connectivity index (χ0n) is 16.5. The Bertz CT molecular complexity index is 1390. The van der Waals surface area contributed by atoms with E-state index in [-0.39, 0.29) is 17.1 Å². The van der Waals surface area contributed by atoms with Crippen LogP contribution in [0.4, 0.5) is 5.13 Å². The molecule has 1 aliphatic rings. The number of carbonyl (C=O) groups is 1. The summed E-state index contributed by atoms with van der Waals surface area (Å²) >= 11 is 4.95. The molecule has 3 heterocycles. The zero-order valence-corrected chi connectivity index (χ0v) is 18.9. The first-order chi connectivity index (χ1) is 14.3. The zero-order chi connectivity index (χ0) is 21.2. The Kier molecular flexibility index (Phi) is 4.41. The molecule has 0 aliphatic carbocycles. The molecule has 5 nitrogen and oxygen atoms in total. The van der Waals surface area contributed by atoms with Gasteiger partial charge < -0.3 is 4.42 Å². The lowest BCUT2D eigenvalue weighted by atomic mass is 9.98. The maximum absolute atomic E-state index is 13.6. The van der Waals surface area contributed by atoms with E-state index in [0.717, 1.165) is 26.2 Å². The van der Waals surface area contributed by atoms with Gasteiger partial charge in [0.1, 0.15) is 5.58 Å². The van der Waals surface area contributed by atoms with Gasteiger partial charge in [-0.3, -0.25) is 14.5 Å². The summed E-state index contributed by atoms with van der Waals surface area (Å²) in [5.74, 6) is -0.255. The fourth-order valence-corrected chi connectivity index (χ4v) is 5.19. The molecule has 4 aromatic rings. The van der Waals surface area contributed by atoms with Crippen LogP contribution in [-0.2, 0) is 0 Å². The summed E-state index contributed by atoms with van der Waals surface area (Å²) in [6.45, 7) is 5.81. The Hall–Kier alpha value is -2.77. The van der Waals surface area contributed by atoms with E-state index in [1.54, 1.807) is 11.0 Å². The van der Waals surface area contributed by atoms with Crippen LogP contribution in [0.25, 0.3) is 11.0 Å². The van der Waals surface area contributed by atoms with Gasteiger partial charge in [-0.2, -0.15) is 0 Å². The first kappa shape index (κ1) is 19.2. The summed E-state index contributed by atoms with van der Waals surface area (Å²) in [4.78, 5) is 34.3. The molecule has 7 heteroatoms. The molecule has 0 N–H and O–H groups in total. The highest BCUT2D eigenvalue weighted by molar-refractivity contribution is 9.10. The lowest BCUT2D eigenvalue weighted by Gasteiger charge is -2.22. The highest BCUT2D eigenvalue weighted by Crippen LogP contribution is 2.43. The number of rotatable bonds is 2. The van der Waals surface area contributed by atoms with Crippen LogP contribution in [0.5, 0.6) is 0 Å². The number of halogens is 1. The molecule has 1 aliphatic heterocycles. The van der Waals surface area contributed by atoms with E-state index in [2.05, 4.69) is 20.9 Å². The number of benzene rings is 2. The number of aromatic nitrogens is 1. The average molecular weight is 481 g/mol. The Labute approximate surface area is 185 Å². The largest absolute Gasteiger partial charge is 0.450 e. The highest BCUT2D eigenvalue weighted by atomic mass is 79.9. The van der Waals surface area contributed by atoms with Crippen molar-refractivity contribution in [3.05, 3.63) is 90.2 Å². The number of hydrogen-bond acceptors (Lipinski definition) is 5. The molecule has 1 atom stereocenters. The Morgan fingerprint density at radius 1 is 1.10 bits per heavy atom. The second kappa shape index (κ2) is 6.89. The Balaban J connectivity index is 1.84. The van der Waals surface area contributed by atoms with Crippen molar-refractivity contribution >= 4 is 49.3 Å². The molecule has 2 aromatic heterocycles. The maximum atomic E-state index is 13.6. The first-order valence-electron chi connectivity index (χ1n) is 9.45. The number of nitrogens with zero attached hydrogens (tertiary/aromatic N) is 2. The third-order valence-corrected chi connectivity index (χ3v) is 6.98. The second-order valence-corrected chi connectivity index (χ2v) is 9.54. The SMILES string of the molecule is Cc1ccc2oc3c(c(=O)c2c1)[C@H](c1cccc(Br)c1)N(c1nc(C)c(C)s1)C3=O. The van der Waals surface area contributed by atoms with Crippen LogP contribution in [0.1, 0.15) is 43.9 Å². The van der Waals surface area contributed by atoms with Crippen molar-refractivity contribution in [3.63, 3.8) is 0 Å². The molecule has 0 saturated carbocycles. The predicted octanol–water partition coefficient (Wildman–Crippen LogP) is 5.69. The molecule has 150 valence electrons. The number of amides is 1. The summed E-state index contributed by atoms with van der Waals surface area (Å²) in [6.07, 6.45) is 0. The molecular formula is C23H17BrN2O3S. The van der Waals surface area contributed by atoms with E-state index < -0.39 is 6.04 Å². The van der Waals surface area contributed by atoms with E-state index in [9.17, 15) is 9.59 Å². The summed E-state index contributed by atoms with van der Waals surface area (Å²) < 4.78 is 6.87. The molecule has 0 fully saturated rings. The summed E-state index contributed by atoms with van der Waals surface area (Å²) in [5, 5.41) is 1.04. The van der Waals surface area contributed by atoms with Crippen molar-refractivity contribution in [2.24, 2.45) is 0 Å². The van der Waals surface area contributed by atoms with Crippen molar-refractivity contribution in [3.8, 4) is 0 Å². The summed E-state index contributed by atoms with van der Waals surface area (Å²) in [6, 6.07) is 12.5. The third-order valence-electron chi connectivity index (χ3n) is 5.41. The first-order valence-corrected chi connectivity index (χ1v) is 11.1. The molecule has 30 heavy (non-hydrogen) atoms. The van der Waals surface area contributed by atoms with Crippen LogP contribution >= 0.6 is 27.3 Å². The molecule has 0 spiro atoms. The second-order valence-electron chi connectivity index (χ2n) is 7.44. The lowest BCUT2D eigenvalue weighted by Crippen LogP contribution is -2.29. The van der Waals surface area contributed by atoms with Gasteiger partial charge in [0.25, 0.3) is 5.91 Å². The molecule has 0 unspecified atom stereocenters. The standard InChI is InChI=1S/C23H17BrN2O3S/c1-11-7-8-17-16(9-11)20(27)18-19(14-5-4-6-15(24)10-14)26(22(28)21(18)29-17)23-25-12(2)13(3)30-23/h4-10,19H,1-3H3/t19-/m0/s1. The minimum absolute atomic E-state index is 0.0897. The van der Waals surface area contributed by atoms with E-state index >= 15 is 0 Å². The summed E-state index contributed by atoms with van der Waals surface area (Å²) in [7, 11) is 0. The van der Waals surface area contributed by atoms with E-state index in [1.807, 2.05) is 57.2 Å². The van der Waals surface area contributed by atoms with Gasteiger partial charge in [0.15, 0.2) is 10.6 Å². The third kappa shape index (κ3) is 2.84. The van der Waals surface area contributed by atoms with Crippen molar-refractivity contribution < 1.29 is 9.21 Å². The molecule has 0 saturated heterocycles.